The van der Waals surface area contributed by atoms with E-state index < -0.39 is 10.0 Å². The summed E-state index contributed by atoms with van der Waals surface area (Å²) in [7, 11) is -3.27. The molecule has 1 aliphatic heterocycles. The predicted octanol–water partition coefficient (Wildman–Crippen LogP) is 0.944. The number of carbonyl (C=O) groups excluding carboxylic acids is 1. The number of aromatic nitrogens is 1. The van der Waals surface area contributed by atoms with Crippen LogP contribution in [0.1, 0.15) is 22.3 Å². The summed E-state index contributed by atoms with van der Waals surface area (Å²) in [5, 5.41) is 0.703. The highest BCUT2D eigenvalue weighted by Gasteiger charge is 2.25. The summed E-state index contributed by atoms with van der Waals surface area (Å²) in [6.45, 7) is 3.37. The van der Waals surface area contributed by atoms with Gasteiger partial charge in [-0.25, -0.2) is 12.7 Å². The lowest BCUT2D eigenvalue weighted by Crippen LogP contribution is -2.37. The molecule has 0 atom stereocenters. The molecule has 1 aliphatic rings. The van der Waals surface area contributed by atoms with Crippen molar-refractivity contribution < 1.29 is 13.2 Å². The molecular formula is C17H21N3O4S. The van der Waals surface area contributed by atoms with Crippen LogP contribution in [0.15, 0.2) is 29.1 Å². The number of benzene rings is 1. The van der Waals surface area contributed by atoms with E-state index in [1.807, 2.05) is 19.1 Å². The lowest BCUT2D eigenvalue weighted by atomic mass is 10.1. The number of H-pyrrole nitrogens is 1. The van der Waals surface area contributed by atoms with E-state index in [0.717, 1.165) is 5.56 Å². The molecule has 134 valence electrons. The summed E-state index contributed by atoms with van der Waals surface area (Å²) in [5.41, 5.74) is 1.64. The molecule has 0 unspecified atom stereocenters. The Morgan fingerprint density at radius 3 is 2.60 bits per heavy atom. The van der Waals surface area contributed by atoms with Gasteiger partial charge in [-0.15, -0.1) is 0 Å². The molecule has 1 saturated heterocycles. The Balaban J connectivity index is 1.95. The average Bonchev–Trinajstić information content (AvgIpc) is 2.80. The maximum Gasteiger partial charge on any atom is 0.254 e. The van der Waals surface area contributed by atoms with Crippen LogP contribution in [0.3, 0.4) is 0 Å². The van der Waals surface area contributed by atoms with Gasteiger partial charge in [-0.05, 0) is 25.5 Å². The number of hydrogen-bond acceptors (Lipinski definition) is 4. The third-order valence-corrected chi connectivity index (χ3v) is 5.74. The quantitative estimate of drug-likeness (QED) is 0.860. The van der Waals surface area contributed by atoms with Gasteiger partial charge in [0.05, 0.1) is 11.8 Å². The zero-order chi connectivity index (χ0) is 18.2. The van der Waals surface area contributed by atoms with Crippen molar-refractivity contribution in [2.45, 2.75) is 13.3 Å². The van der Waals surface area contributed by atoms with Gasteiger partial charge in [-0.1, -0.05) is 11.6 Å². The lowest BCUT2D eigenvalue weighted by Gasteiger charge is -2.21. The summed E-state index contributed by atoms with van der Waals surface area (Å²) in [6.07, 6.45) is 1.75. The molecule has 3 rings (SSSR count). The Morgan fingerprint density at radius 1 is 1.12 bits per heavy atom. The third-order valence-electron chi connectivity index (χ3n) is 4.44. The SMILES string of the molecule is Cc1ccc2[nH]c(=O)cc(C(=O)N3CCCN(S(C)(=O)=O)CC3)c2c1. The second-order valence-electron chi connectivity index (χ2n) is 6.40. The lowest BCUT2D eigenvalue weighted by molar-refractivity contribution is 0.0766. The van der Waals surface area contributed by atoms with Crippen LogP contribution in [-0.4, -0.2) is 60.9 Å². The molecule has 2 heterocycles. The van der Waals surface area contributed by atoms with Crippen molar-refractivity contribution in [2.75, 3.05) is 32.4 Å². The van der Waals surface area contributed by atoms with Crippen LogP contribution < -0.4 is 5.56 Å². The number of pyridine rings is 1. The molecule has 0 bridgehead atoms. The van der Waals surface area contributed by atoms with Gasteiger partial charge in [-0.3, -0.25) is 9.59 Å². The highest BCUT2D eigenvalue weighted by Crippen LogP contribution is 2.19. The molecule has 0 saturated carbocycles. The maximum atomic E-state index is 13.0. The van der Waals surface area contributed by atoms with Crippen molar-refractivity contribution >= 4 is 26.8 Å². The Kier molecular flexibility index (Phi) is 4.66. The molecule has 0 radical (unpaired) electrons. The number of hydrogen-bond donors (Lipinski definition) is 1. The number of sulfonamides is 1. The highest BCUT2D eigenvalue weighted by molar-refractivity contribution is 7.88. The van der Waals surface area contributed by atoms with E-state index in [-0.39, 0.29) is 18.0 Å². The minimum Gasteiger partial charge on any atom is -0.337 e. The van der Waals surface area contributed by atoms with Crippen molar-refractivity contribution in [2.24, 2.45) is 0 Å². The minimum atomic E-state index is -3.27. The first-order chi connectivity index (χ1) is 11.8. The first-order valence-electron chi connectivity index (χ1n) is 8.14. The van der Waals surface area contributed by atoms with Crippen LogP contribution in [0.5, 0.6) is 0 Å². The number of nitrogens with one attached hydrogen (secondary N) is 1. The molecule has 0 aliphatic carbocycles. The smallest absolute Gasteiger partial charge is 0.254 e. The van der Waals surface area contributed by atoms with Gasteiger partial charge >= 0.3 is 0 Å². The van der Waals surface area contributed by atoms with E-state index in [1.54, 1.807) is 11.0 Å². The van der Waals surface area contributed by atoms with Crippen molar-refractivity contribution in [3.8, 4) is 0 Å². The van der Waals surface area contributed by atoms with Gasteiger partial charge in [0.25, 0.3) is 5.91 Å². The first kappa shape index (κ1) is 17.6. The minimum absolute atomic E-state index is 0.239. The number of nitrogens with zero attached hydrogens (tertiary/aromatic N) is 2. The third kappa shape index (κ3) is 3.74. The molecule has 8 heteroatoms. The van der Waals surface area contributed by atoms with E-state index in [2.05, 4.69) is 4.98 Å². The zero-order valence-electron chi connectivity index (χ0n) is 14.3. The fourth-order valence-electron chi connectivity index (χ4n) is 3.14. The van der Waals surface area contributed by atoms with Crippen LogP contribution in [0.4, 0.5) is 0 Å². The molecule has 1 N–H and O–H groups in total. The first-order valence-corrected chi connectivity index (χ1v) is 9.98. The van der Waals surface area contributed by atoms with Crippen LogP contribution in [-0.2, 0) is 10.0 Å². The zero-order valence-corrected chi connectivity index (χ0v) is 15.1. The molecular weight excluding hydrogens is 342 g/mol. The normalized spacial score (nSPS) is 16.8. The van der Waals surface area contributed by atoms with E-state index in [1.165, 1.54) is 16.6 Å². The van der Waals surface area contributed by atoms with Crippen LogP contribution >= 0.6 is 0 Å². The molecule has 1 aromatic heterocycles. The number of fused-ring (bicyclic) bond motifs is 1. The number of carbonyl (C=O) groups is 1. The maximum absolute atomic E-state index is 13.0. The summed E-state index contributed by atoms with van der Waals surface area (Å²) in [5.74, 6) is -0.239. The van der Waals surface area contributed by atoms with Crippen LogP contribution in [0, 0.1) is 6.92 Å². The summed E-state index contributed by atoms with van der Waals surface area (Å²) >= 11 is 0. The van der Waals surface area contributed by atoms with Crippen molar-refractivity contribution in [3.63, 3.8) is 0 Å². The van der Waals surface area contributed by atoms with Gasteiger partial charge in [-0.2, -0.15) is 0 Å². The average molecular weight is 363 g/mol. The fourth-order valence-corrected chi connectivity index (χ4v) is 4.02. The van der Waals surface area contributed by atoms with Gasteiger partial charge in [0.1, 0.15) is 0 Å². The largest absolute Gasteiger partial charge is 0.337 e. The fraction of sp³-hybridized carbons (Fsp3) is 0.412. The number of rotatable bonds is 2. The van der Waals surface area contributed by atoms with Crippen molar-refractivity contribution in [1.29, 1.82) is 0 Å². The predicted molar refractivity (Wildman–Crippen MR) is 96.2 cm³/mol. The molecule has 1 amide bonds. The molecule has 0 spiro atoms. The van der Waals surface area contributed by atoms with E-state index in [0.29, 0.717) is 42.5 Å². The molecule has 1 aromatic carbocycles. The van der Waals surface area contributed by atoms with E-state index in [9.17, 15) is 18.0 Å². The standard InChI is InChI=1S/C17H21N3O4S/c1-12-4-5-15-13(10-12)14(11-16(21)18-15)17(22)19-6-3-7-20(9-8-19)25(2,23)24/h4-5,10-11H,3,6-9H2,1-2H3,(H,18,21). The topological polar surface area (TPSA) is 90.6 Å². The summed E-state index contributed by atoms with van der Waals surface area (Å²) < 4.78 is 24.8. The summed E-state index contributed by atoms with van der Waals surface area (Å²) in [6, 6.07) is 6.86. The Hall–Kier alpha value is -2.19. The van der Waals surface area contributed by atoms with Gasteiger partial charge in [0.2, 0.25) is 15.6 Å². The van der Waals surface area contributed by atoms with Crippen LogP contribution in [0.25, 0.3) is 10.9 Å². The van der Waals surface area contributed by atoms with Gasteiger partial charge in [0.15, 0.2) is 0 Å². The second kappa shape index (κ2) is 6.61. The Labute approximate surface area is 146 Å². The molecule has 1 fully saturated rings. The second-order valence-corrected chi connectivity index (χ2v) is 8.39. The summed E-state index contributed by atoms with van der Waals surface area (Å²) in [4.78, 5) is 29.3. The molecule has 7 nitrogen and oxygen atoms in total. The Bertz CT molecular complexity index is 981. The number of aryl methyl sites for hydroxylation is 1. The molecule has 25 heavy (non-hydrogen) atoms. The van der Waals surface area contributed by atoms with Crippen molar-refractivity contribution in [1.82, 2.24) is 14.2 Å². The monoisotopic (exact) mass is 363 g/mol. The molecule has 2 aromatic rings. The van der Waals surface area contributed by atoms with Crippen LogP contribution in [0.2, 0.25) is 0 Å². The van der Waals surface area contributed by atoms with Crippen molar-refractivity contribution in [3.05, 3.63) is 45.7 Å². The Morgan fingerprint density at radius 2 is 1.88 bits per heavy atom. The number of aromatic amines is 1. The highest BCUT2D eigenvalue weighted by atomic mass is 32.2. The van der Waals surface area contributed by atoms with Gasteiger partial charge < -0.3 is 9.88 Å². The van der Waals surface area contributed by atoms with Gasteiger partial charge in [0, 0.05) is 43.1 Å². The number of amides is 1. The van der Waals surface area contributed by atoms with E-state index in [4.69, 9.17) is 0 Å². The van der Waals surface area contributed by atoms with E-state index >= 15 is 0 Å².